The van der Waals surface area contributed by atoms with Gasteiger partial charge in [0.05, 0.1) is 11.8 Å². The highest BCUT2D eigenvalue weighted by Crippen LogP contribution is 2.50. The van der Waals surface area contributed by atoms with Crippen LogP contribution in [0.2, 0.25) is 0 Å². The molecule has 4 heteroatoms. The van der Waals surface area contributed by atoms with Crippen LogP contribution in [-0.2, 0) is 24.7 Å². The minimum absolute atomic E-state index is 0.0128. The van der Waals surface area contributed by atoms with Crippen LogP contribution in [0.25, 0.3) is 0 Å². The Bertz CT molecular complexity index is 1620. The van der Waals surface area contributed by atoms with E-state index in [0.717, 1.165) is 161 Å². The topological polar surface area (TPSA) is 52.6 Å². The lowest BCUT2D eigenvalue weighted by Crippen LogP contribution is -2.41. The molecule has 6 saturated carbocycles. The van der Waals surface area contributed by atoms with Crippen molar-refractivity contribution in [2.75, 3.05) is 0 Å². The third kappa shape index (κ3) is 14.4. The SMILES string of the molecule is CCCCCC1CCC(C2CCC(C#Cc3ccc(C4(OC(=O)C5CCC(CCC)CC5)CCC(C5CCC(CCCCC)CC5)CC4)cc3)(OC(=O)C3CCC(CCC)CC3)CC2)CC1. The fourth-order valence-electron chi connectivity index (χ4n) is 14.9. The lowest BCUT2D eigenvalue weighted by atomic mass is 9.66. The Morgan fingerprint density at radius 2 is 0.848 bits per heavy atom. The second-order valence-corrected chi connectivity index (χ2v) is 23.9. The van der Waals surface area contributed by atoms with E-state index >= 15 is 0 Å². The highest BCUT2D eigenvalue weighted by molar-refractivity contribution is 5.74. The number of benzene rings is 1. The molecule has 0 bridgehead atoms. The number of carbonyl (C=O) groups excluding carboxylic acids is 2. The summed E-state index contributed by atoms with van der Waals surface area (Å²) in [5.74, 6) is 13.9. The van der Waals surface area contributed by atoms with Crippen LogP contribution in [0, 0.1) is 71.0 Å². The number of rotatable bonds is 19. The minimum atomic E-state index is -0.705. The largest absolute Gasteiger partial charge is 0.454 e. The zero-order chi connectivity index (χ0) is 46.2. The van der Waals surface area contributed by atoms with Crippen LogP contribution in [0.4, 0.5) is 0 Å². The van der Waals surface area contributed by atoms with Crippen LogP contribution in [0.1, 0.15) is 270 Å². The van der Waals surface area contributed by atoms with E-state index < -0.39 is 11.2 Å². The van der Waals surface area contributed by atoms with E-state index in [9.17, 15) is 9.59 Å². The summed E-state index contributed by atoms with van der Waals surface area (Å²) in [6.07, 6.45) is 43.9. The van der Waals surface area contributed by atoms with E-state index in [1.165, 1.54) is 128 Å². The van der Waals surface area contributed by atoms with Crippen molar-refractivity contribution in [3.05, 3.63) is 35.4 Å². The van der Waals surface area contributed by atoms with Crippen molar-refractivity contribution in [1.29, 1.82) is 0 Å². The number of hydrogen-bond donors (Lipinski definition) is 0. The van der Waals surface area contributed by atoms with Crippen molar-refractivity contribution in [3.63, 3.8) is 0 Å². The minimum Gasteiger partial charge on any atom is -0.454 e. The average Bonchev–Trinajstić information content (AvgIpc) is 3.35. The van der Waals surface area contributed by atoms with Crippen LogP contribution < -0.4 is 0 Å². The van der Waals surface area contributed by atoms with Gasteiger partial charge in [0.25, 0.3) is 0 Å². The summed E-state index contributed by atoms with van der Waals surface area (Å²) in [7, 11) is 0. The molecule has 0 aromatic heterocycles. The number of carbonyl (C=O) groups is 2. The van der Waals surface area contributed by atoms with E-state index in [1.807, 2.05) is 0 Å². The van der Waals surface area contributed by atoms with Crippen LogP contribution in [0.3, 0.4) is 0 Å². The summed E-state index contributed by atoms with van der Waals surface area (Å²) in [5, 5.41) is 0. The first kappa shape index (κ1) is 51.6. The molecule has 1 aromatic rings. The van der Waals surface area contributed by atoms with Gasteiger partial charge in [0, 0.05) is 5.56 Å². The summed E-state index contributed by atoms with van der Waals surface area (Å²) < 4.78 is 13.6. The molecule has 0 unspecified atom stereocenters. The van der Waals surface area contributed by atoms with Crippen molar-refractivity contribution in [3.8, 4) is 11.8 Å². The fourth-order valence-corrected chi connectivity index (χ4v) is 14.9. The van der Waals surface area contributed by atoms with E-state index in [4.69, 9.17) is 9.47 Å². The molecule has 0 aliphatic heterocycles. The maximum atomic E-state index is 14.2. The summed E-state index contributed by atoms with van der Waals surface area (Å²) in [4.78, 5) is 28.2. The van der Waals surface area contributed by atoms with Crippen molar-refractivity contribution in [1.82, 2.24) is 0 Å². The first-order valence-electron chi connectivity index (χ1n) is 29.3. The van der Waals surface area contributed by atoms with Crippen LogP contribution in [0.15, 0.2) is 24.3 Å². The summed E-state index contributed by atoms with van der Waals surface area (Å²) >= 11 is 0. The van der Waals surface area contributed by atoms with E-state index in [0.29, 0.717) is 0 Å². The van der Waals surface area contributed by atoms with Gasteiger partial charge in [-0.15, -0.1) is 0 Å². The van der Waals surface area contributed by atoms with E-state index in [2.05, 4.69) is 63.8 Å². The van der Waals surface area contributed by atoms with Crippen molar-refractivity contribution < 1.29 is 19.1 Å². The van der Waals surface area contributed by atoms with Crippen LogP contribution in [0.5, 0.6) is 0 Å². The Balaban J connectivity index is 1.03. The van der Waals surface area contributed by atoms with Gasteiger partial charge in [0.1, 0.15) is 5.60 Å². The smallest absolute Gasteiger partial charge is 0.310 e. The maximum Gasteiger partial charge on any atom is 0.310 e. The second-order valence-electron chi connectivity index (χ2n) is 23.9. The molecule has 0 N–H and O–H groups in total. The molecule has 0 atom stereocenters. The maximum absolute atomic E-state index is 14.2. The standard InChI is InChI=1S/C62H98O4/c1-5-9-11-15-49-17-27-52(28-18-49)54-38-43-61(44-39-54,65-59(63)56-31-21-47(13-7-3)22-32-56)42-37-51-25-35-58(36-26-51)62(66-60(64)57-33-23-48(14-8-4)24-34-57)45-40-55(41-46-62)53-29-19-50(20-30-53)16-12-10-6-2/h25-26,35-36,47-50,52-57H,5-24,27-34,38-41,43-46H2,1-4H3. The molecule has 0 heterocycles. The van der Waals surface area contributed by atoms with Gasteiger partial charge in [-0.1, -0.05) is 148 Å². The van der Waals surface area contributed by atoms with Crippen LogP contribution >= 0.6 is 0 Å². The second kappa shape index (κ2) is 26.1. The monoisotopic (exact) mass is 907 g/mol. The molecule has 6 aliphatic carbocycles. The van der Waals surface area contributed by atoms with Gasteiger partial charge in [0.15, 0.2) is 5.60 Å². The number of unbranched alkanes of at least 4 members (excludes halogenated alkanes) is 4. The predicted octanol–water partition coefficient (Wildman–Crippen LogP) is 17.4. The van der Waals surface area contributed by atoms with E-state index in [-0.39, 0.29) is 23.8 Å². The van der Waals surface area contributed by atoms with Gasteiger partial charge < -0.3 is 9.47 Å². The number of esters is 2. The highest BCUT2D eigenvalue weighted by Gasteiger charge is 2.45. The molecule has 6 aliphatic rings. The molecule has 370 valence electrons. The average molecular weight is 907 g/mol. The Labute approximate surface area is 405 Å². The number of hydrogen-bond acceptors (Lipinski definition) is 4. The fraction of sp³-hybridized carbons (Fsp3) is 0.839. The molecule has 0 saturated heterocycles. The Kier molecular flexibility index (Phi) is 20.4. The molecule has 1 aromatic carbocycles. The van der Waals surface area contributed by atoms with Gasteiger partial charge >= 0.3 is 11.9 Å². The normalized spacial score (nSPS) is 35.3. The quantitative estimate of drug-likeness (QED) is 0.0788. The molecular formula is C62H98O4. The summed E-state index contributed by atoms with van der Waals surface area (Å²) in [5.41, 5.74) is 0.860. The van der Waals surface area contributed by atoms with Crippen LogP contribution in [-0.4, -0.2) is 17.5 Å². The first-order chi connectivity index (χ1) is 32.2. The molecule has 7 rings (SSSR count). The van der Waals surface area contributed by atoms with Gasteiger partial charge in [-0.2, -0.15) is 0 Å². The predicted molar refractivity (Wildman–Crippen MR) is 274 cm³/mol. The van der Waals surface area contributed by atoms with Crippen molar-refractivity contribution >= 4 is 11.9 Å². The lowest BCUT2D eigenvalue weighted by Gasteiger charge is -2.44. The molecule has 0 spiro atoms. The van der Waals surface area contributed by atoms with Gasteiger partial charge in [-0.05, 0) is 199 Å². The summed E-state index contributed by atoms with van der Waals surface area (Å²) in [6, 6.07) is 8.82. The van der Waals surface area contributed by atoms with Gasteiger partial charge in [-0.3, -0.25) is 9.59 Å². The third-order valence-electron chi connectivity index (χ3n) is 19.4. The Morgan fingerprint density at radius 3 is 1.29 bits per heavy atom. The third-order valence-corrected chi connectivity index (χ3v) is 19.4. The lowest BCUT2D eigenvalue weighted by molar-refractivity contribution is -0.173. The van der Waals surface area contributed by atoms with Crippen molar-refractivity contribution in [2.45, 2.75) is 270 Å². The molecule has 0 amide bonds. The summed E-state index contributed by atoms with van der Waals surface area (Å²) in [6.45, 7) is 9.20. The first-order valence-corrected chi connectivity index (χ1v) is 29.3. The zero-order valence-corrected chi connectivity index (χ0v) is 43.2. The molecule has 66 heavy (non-hydrogen) atoms. The Hall–Kier alpha value is -2.28. The molecule has 6 fully saturated rings. The molecule has 0 radical (unpaired) electrons. The molecular weight excluding hydrogens is 809 g/mol. The highest BCUT2D eigenvalue weighted by atomic mass is 16.6. The van der Waals surface area contributed by atoms with Gasteiger partial charge in [0.2, 0.25) is 0 Å². The van der Waals surface area contributed by atoms with Crippen molar-refractivity contribution in [2.24, 2.45) is 59.2 Å². The van der Waals surface area contributed by atoms with Gasteiger partial charge in [-0.25, -0.2) is 0 Å². The molecule has 4 nitrogen and oxygen atoms in total. The zero-order valence-electron chi connectivity index (χ0n) is 43.2. The Morgan fingerprint density at radius 1 is 0.455 bits per heavy atom. The van der Waals surface area contributed by atoms with E-state index in [1.54, 1.807) is 0 Å². The number of ether oxygens (including phenoxy) is 2.